The van der Waals surface area contributed by atoms with Crippen LogP contribution in [0.1, 0.15) is 54.6 Å². The van der Waals surface area contributed by atoms with Gasteiger partial charge in [0.25, 0.3) is 0 Å². The van der Waals surface area contributed by atoms with Gasteiger partial charge in [-0.3, -0.25) is 0 Å². The number of ketones is 1. The zero-order valence-electron chi connectivity index (χ0n) is 11.5. The Labute approximate surface area is 107 Å². The molecule has 0 bridgehead atoms. The Kier molecular flexibility index (Phi) is 5.13. The molecule has 1 aromatic rings. The molecule has 0 aliphatic rings. The molecule has 0 aromatic carbocycles. The summed E-state index contributed by atoms with van der Waals surface area (Å²) < 4.78 is 10.6. The Balaban J connectivity index is 3.04. The van der Waals surface area contributed by atoms with Crippen LogP contribution in [0, 0.1) is 6.92 Å². The summed E-state index contributed by atoms with van der Waals surface area (Å²) >= 11 is 0. The van der Waals surface area contributed by atoms with E-state index in [1.54, 1.807) is 20.8 Å². The van der Waals surface area contributed by atoms with E-state index in [2.05, 4.69) is 0 Å². The molecule has 100 valence electrons. The lowest BCUT2D eigenvalue weighted by Gasteiger charge is -2.03. The number of carbonyl (C=O) groups excluding carboxylic acids is 2. The molecule has 0 saturated heterocycles. The van der Waals surface area contributed by atoms with E-state index in [0.29, 0.717) is 37.2 Å². The number of rotatable bonds is 6. The van der Waals surface area contributed by atoms with E-state index in [4.69, 9.17) is 9.15 Å². The average molecular weight is 252 g/mol. The lowest BCUT2D eigenvalue weighted by atomic mass is 10.0. The van der Waals surface area contributed by atoms with E-state index < -0.39 is 0 Å². The van der Waals surface area contributed by atoms with Gasteiger partial charge < -0.3 is 13.9 Å². The summed E-state index contributed by atoms with van der Waals surface area (Å²) in [6.45, 7) is 7.38. The maximum absolute atomic E-state index is 11.8. The first kappa shape index (κ1) is 14.5. The van der Waals surface area contributed by atoms with E-state index in [0.717, 1.165) is 11.3 Å². The van der Waals surface area contributed by atoms with Crippen molar-refractivity contribution in [3.8, 4) is 0 Å². The predicted molar refractivity (Wildman–Crippen MR) is 67.8 cm³/mol. The van der Waals surface area contributed by atoms with Gasteiger partial charge in [0.1, 0.15) is 22.9 Å². The number of esters is 1. The first-order chi connectivity index (χ1) is 8.51. The second-order valence-electron chi connectivity index (χ2n) is 4.21. The summed E-state index contributed by atoms with van der Waals surface area (Å²) in [5.41, 5.74) is 1.39. The summed E-state index contributed by atoms with van der Waals surface area (Å²) in [5, 5.41) is 0. The minimum Gasteiger partial charge on any atom is -0.465 e. The molecular formula is C14H20O4. The van der Waals surface area contributed by atoms with Gasteiger partial charge in [0, 0.05) is 18.4 Å². The third kappa shape index (κ3) is 3.22. The molecule has 1 aromatic heterocycles. The van der Waals surface area contributed by atoms with Crippen molar-refractivity contribution >= 4 is 11.8 Å². The normalized spacial score (nSPS) is 10.4. The van der Waals surface area contributed by atoms with Crippen LogP contribution < -0.4 is 0 Å². The molecule has 18 heavy (non-hydrogen) atoms. The SMILES string of the molecule is CCOC(=O)c1c(C)oc(CCC(C)=O)c1CC. The topological polar surface area (TPSA) is 56.5 Å². The molecular weight excluding hydrogens is 232 g/mol. The van der Waals surface area contributed by atoms with Crippen molar-refractivity contribution in [2.24, 2.45) is 0 Å². The van der Waals surface area contributed by atoms with Gasteiger partial charge in [0.15, 0.2) is 0 Å². The number of Topliss-reactive ketones (excluding diaryl/α,β-unsaturated/α-hetero) is 1. The summed E-state index contributed by atoms with van der Waals surface area (Å²) in [4.78, 5) is 22.9. The molecule has 0 aliphatic heterocycles. The quantitative estimate of drug-likeness (QED) is 0.730. The number of ether oxygens (including phenoxy) is 1. The van der Waals surface area contributed by atoms with Crippen LogP contribution in [0.3, 0.4) is 0 Å². The Morgan fingerprint density at radius 1 is 1.28 bits per heavy atom. The molecule has 0 unspecified atom stereocenters. The fourth-order valence-corrected chi connectivity index (χ4v) is 1.98. The third-order valence-electron chi connectivity index (χ3n) is 2.80. The molecule has 0 spiro atoms. The zero-order valence-corrected chi connectivity index (χ0v) is 11.5. The molecule has 0 fully saturated rings. The van der Waals surface area contributed by atoms with E-state index in [1.165, 1.54) is 0 Å². The van der Waals surface area contributed by atoms with Crippen LogP contribution in [0.2, 0.25) is 0 Å². The van der Waals surface area contributed by atoms with Gasteiger partial charge in [-0.1, -0.05) is 6.92 Å². The highest BCUT2D eigenvalue weighted by molar-refractivity contribution is 5.92. The maximum Gasteiger partial charge on any atom is 0.341 e. The molecule has 0 aliphatic carbocycles. The van der Waals surface area contributed by atoms with Gasteiger partial charge in [-0.15, -0.1) is 0 Å². The Morgan fingerprint density at radius 2 is 1.94 bits per heavy atom. The van der Waals surface area contributed by atoms with E-state index in [-0.39, 0.29) is 11.8 Å². The second kappa shape index (κ2) is 6.38. The fraction of sp³-hybridized carbons (Fsp3) is 0.571. The highest BCUT2D eigenvalue weighted by Gasteiger charge is 2.23. The van der Waals surface area contributed by atoms with Crippen molar-refractivity contribution in [3.63, 3.8) is 0 Å². The number of furan rings is 1. The van der Waals surface area contributed by atoms with Crippen LogP contribution in [0.4, 0.5) is 0 Å². The second-order valence-corrected chi connectivity index (χ2v) is 4.21. The molecule has 0 radical (unpaired) electrons. The zero-order chi connectivity index (χ0) is 13.7. The lowest BCUT2D eigenvalue weighted by molar-refractivity contribution is -0.117. The van der Waals surface area contributed by atoms with Gasteiger partial charge in [-0.2, -0.15) is 0 Å². The Bertz CT molecular complexity index is 443. The van der Waals surface area contributed by atoms with Crippen LogP contribution in [0.5, 0.6) is 0 Å². The summed E-state index contributed by atoms with van der Waals surface area (Å²) in [7, 11) is 0. The first-order valence-electron chi connectivity index (χ1n) is 6.28. The van der Waals surface area contributed by atoms with Crippen LogP contribution in [-0.2, 0) is 22.4 Å². The van der Waals surface area contributed by atoms with E-state index >= 15 is 0 Å². The Morgan fingerprint density at radius 3 is 2.44 bits per heavy atom. The molecule has 0 atom stereocenters. The van der Waals surface area contributed by atoms with Crippen molar-refractivity contribution < 1.29 is 18.7 Å². The van der Waals surface area contributed by atoms with Crippen molar-refractivity contribution in [1.82, 2.24) is 0 Å². The predicted octanol–water partition coefficient (Wildman–Crippen LogP) is 2.85. The van der Waals surface area contributed by atoms with Gasteiger partial charge >= 0.3 is 5.97 Å². The Hall–Kier alpha value is -1.58. The molecule has 1 rings (SSSR count). The van der Waals surface area contributed by atoms with Crippen LogP contribution in [0.25, 0.3) is 0 Å². The van der Waals surface area contributed by atoms with Crippen molar-refractivity contribution in [2.75, 3.05) is 6.61 Å². The van der Waals surface area contributed by atoms with Gasteiger partial charge in [0.2, 0.25) is 0 Å². The van der Waals surface area contributed by atoms with E-state index in [1.807, 2.05) is 6.92 Å². The molecule has 0 saturated carbocycles. The maximum atomic E-state index is 11.8. The van der Waals surface area contributed by atoms with Crippen molar-refractivity contribution in [3.05, 3.63) is 22.6 Å². The number of hydrogen-bond acceptors (Lipinski definition) is 4. The summed E-state index contributed by atoms with van der Waals surface area (Å²) in [5.74, 6) is 1.07. The number of aryl methyl sites for hydroxylation is 2. The average Bonchev–Trinajstić information content (AvgIpc) is 2.62. The van der Waals surface area contributed by atoms with E-state index in [9.17, 15) is 9.59 Å². The first-order valence-corrected chi connectivity index (χ1v) is 6.28. The molecule has 0 N–H and O–H groups in total. The third-order valence-corrected chi connectivity index (χ3v) is 2.80. The fourth-order valence-electron chi connectivity index (χ4n) is 1.98. The van der Waals surface area contributed by atoms with Crippen LogP contribution in [0.15, 0.2) is 4.42 Å². The van der Waals surface area contributed by atoms with Gasteiger partial charge in [-0.05, 0) is 27.2 Å². The molecule has 0 amide bonds. The minimum atomic E-state index is -0.343. The molecule has 4 heteroatoms. The van der Waals surface area contributed by atoms with Crippen molar-refractivity contribution in [2.45, 2.75) is 47.0 Å². The van der Waals surface area contributed by atoms with Gasteiger partial charge in [-0.25, -0.2) is 4.79 Å². The largest absolute Gasteiger partial charge is 0.465 e. The molecule has 4 nitrogen and oxygen atoms in total. The van der Waals surface area contributed by atoms with Crippen LogP contribution >= 0.6 is 0 Å². The van der Waals surface area contributed by atoms with Crippen LogP contribution in [-0.4, -0.2) is 18.4 Å². The van der Waals surface area contributed by atoms with Gasteiger partial charge in [0.05, 0.1) is 6.61 Å². The minimum absolute atomic E-state index is 0.115. The molecule has 1 heterocycles. The smallest absolute Gasteiger partial charge is 0.341 e. The lowest BCUT2D eigenvalue weighted by Crippen LogP contribution is -2.08. The standard InChI is InChI=1S/C14H20O4/c1-5-11-12(8-7-9(3)15)18-10(4)13(11)14(16)17-6-2/h5-8H2,1-4H3. The monoisotopic (exact) mass is 252 g/mol. The summed E-state index contributed by atoms with van der Waals surface area (Å²) in [6.07, 6.45) is 1.67. The van der Waals surface area contributed by atoms with Crippen molar-refractivity contribution in [1.29, 1.82) is 0 Å². The highest BCUT2D eigenvalue weighted by Crippen LogP contribution is 2.25. The highest BCUT2D eigenvalue weighted by atomic mass is 16.5. The number of hydrogen-bond donors (Lipinski definition) is 0. The summed E-state index contributed by atoms with van der Waals surface area (Å²) in [6, 6.07) is 0. The number of carbonyl (C=O) groups is 2.